The Balaban J connectivity index is 2.87. The molecule has 47 valence electrons. The van der Waals surface area contributed by atoms with Crippen molar-refractivity contribution < 1.29 is 0 Å². The average Bonchev–Trinajstić information content (AvgIpc) is 1.88. The van der Waals surface area contributed by atoms with Gasteiger partial charge in [-0.05, 0) is 6.92 Å². The predicted octanol–water partition coefficient (Wildman–Crippen LogP) is 0.806. The molecule has 0 aliphatic heterocycles. The van der Waals surface area contributed by atoms with Gasteiger partial charge in [0, 0.05) is 5.97 Å². The second kappa shape index (κ2) is 3.07. The summed E-state index contributed by atoms with van der Waals surface area (Å²) in [5, 5.41) is 8.31. The summed E-state index contributed by atoms with van der Waals surface area (Å²) in [7, 11) is 1.53. The summed E-state index contributed by atoms with van der Waals surface area (Å²) in [6, 6.07) is 7.84. The maximum atomic E-state index is 8.31. The van der Waals surface area contributed by atoms with Crippen LogP contribution in [-0.2, 0) is 0 Å². The molecule has 1 aromatic rings. The highest BCUT2D eigenvalue weighted by Gasteiger charge is 1.92. The highest BCUT2D eigenvalue weighted by Crippen LogP contribution is 1.91. The van der Waals surface area contributed by atoms with E-state index in [2.05, 4.69) is 0 Å². The van der Waals surface area contributed by atoms with Gasteiger partial charge in [-0.1, -0.05) is 35.3 Å². The first kappa shape index (κ1) is 6.89. The van der Waals surface area contributed by atoms with Crippen molar-refractivity contribution in [3.63, 3.8) is 0 Å². The van der Waals surface area contributed by atoms with Gasteiger partial charge >= 0.3 is 0 Å². The average molecular weight is 128 g/mol. The fourth-order valence-corrected chi connectivity index (χ4v) is 0.834. The summed E-state index contributed by atoms with van der Waals surface area (Å²) in [6.45, 7) is 2.01. The van der Waals surface area contributed by atoms with Gasteiger partial charge in [0.1, 0.15) is 0 Å². The van der Waals surface area contributed by atoms with Gasteiger partial charge in [0.05, 0.1) is 0 Å². The van der Waals surface area contributed by atoms with Crippen LogP contribution in [-0.4, -0.2) is 7.28 Å². The molecular formula is C8H7BN. The fourth-order valence-electron chi connectivity index (χ4n) is 0.834. The Morgan fingerprint density at radius 1 is 1.50 bits per heavy atom. The van der Waals surface area contributed by atoms with Crippen molar-refractivity contribution in [2.75, 3.05) is 0 Å². The smallest absolute Gasteiger partial charge is 0.213 e. The van der Waals surface area contributed by atoms with Gasteiger partial charge in [-0.15, -0.1) is 0 Å². The maximum Gasteiger partial charge on any atom is 0.291 e. The lowest BCUT2D eigenvalue weighted by Gasteiger charge is -1.93. The molecule has 1 rings (SSSR count). The SMILES string of the molecule is Cc1cccc([B]C#N)c1. The van der Waals surface area contributed by atoms with E-state index < -0.39 is 0 Å². The van der Waals surface area contributed by atoms with Crippen molar-refractivity contribution in [2.24, 2.45) is 0 Å². The van der Waals surface area contributed by atoms with Crippen LogP contribution in [0.5, 0.6) is 0 Å². The van der Waals surface area contributed by atoms with Gasteiger partial charge in [0.25, 0.3) is 7.28 Å². The molecule has 0 N–H and O–H groups in total. The van der Waals surface area contributed by atoms with Crippen molar-refractivity contribution in [3.8, 4) is 5.97 Å². The number of benzene rings is 1. The van der Waals surface area contributed by atoms with E-state index in [1.165, 1.54) is 12.8 Å². The molecule has 0 bridgehead atoms. The summed E-state index contributed by atoms with van der Waals surface area (Å²) in [5.74, 6) is 1.99. The normalized spacial score (nSPS) is 8.40. The van der Waals surface area contributed by atoms with Crippen molar-refractivity contribution in [2.45, 2.75) is 6.92 Å². The predicted molar refractivity (Wildman–Crippen MR) is 42.2 cm³/mol. The molecule has 0 spiro atoms. The second-order valence-electron chi connectivity index (χ2n) is 2.19. The molecule has 0 aromatic heterocycles. The number of hydrogen-bond donors (Lipinski definition) is 0. The standard InChI is InChI=1S/C8H7BN/c1-7-3-2-4-8(5-7)9-6-10/h2-5H,1H3. The van der Waals surface area contributed by atoms with Crippen LogP contribution in [0.25, 0.3) is 0 Å². The van der Waals surface area contributed by atoms with Crippen LogP contribution in [0.4, 0.5) is 0 Å². The molecule has 0 heterocycles. The van der Waals surface area contributed by atoms with E-state index in [1.807, 2.05) is 37.2 Å². The molecule has 1 aromatic carbocycles. The Labute approximate surface area is 61.5 Å². The molecule has 1 radical (unpaired) electrons. The Morgan fingerprint density at radius 2 is 2.30 bits per heavy atom. The van der Waals surface area contributed by atoms with Gasteiger partial charge in [0.15, 0.2) is 0 Å². The Bertz CT molecular complexity index is 262. The summed E-state index contributed by atoms with van der Waals surface area (Å²) in [4.78, 5) is 0. The van der Waals surface area contributed by atoms with E-state index >= 15 is 0 Å². The van der Waals surface area contributed by atoms with E-state index in [1.54, 1.807) is 0 Å². The van der Waals surface area contributed by atoms with Crippen molar-refractivity contribution in [1.82, 2.24) is 0 Å². The number of nitrogens with zero attached hydrogens (tertiary/aromatic N) is 1. The second-order valence-corrected chi connectivity index (χ2v) is 2.19. The Morgan fingerprint density at radius 3 is 2.90 bits per heavy atom. The van der Waals surface area contributed by atoms with E-state index in [0.717, 1.165) is 5.46 Å². The third-order valence-electron chi connectivity index (χ3n) is 1.27. The number of nitriles is 1. The highest BCUT2D eigenvalue weighted by molar-refractivity contribution is 6.61. The van der Waals surface area contributed by atoms with Crippen molar-refractivity contribution in [1.29, 1.82) is 5.26 Å². The zero-order valence-electron chi connectivity index (χ0n) is 5.83. The lowest BCUT2D eigenvalue weighted by atomic mass is 9.72. The first-order valence-corrected chi connectivity index (χ1v) is 3.12. The summed E-state index contributed by atoms with van der Waals surface area (Å²) in [6.07, 6.45) is 0. The number of rotatable bonds is 1. The maximum absolute atomic E-state index is 8.31. The first-order chi connectivity index (χ1) is 4.83. The van der Waals surface area contributed by atoms with Gasteiger partial charge in [-0.25, -0.2) is 5.26 Å². The molecular weight excluding hydrogens is 121 g/mol. The highest BCUT2D eigenvalue weighted by atomic mass is 14.2. The molecule has 2 heteroatoms. The largest absolute Gasteiger partial charge is 0.291 e. The first-order valence-electron chi connectivity index (χ1n) is 3.12. The van der Waals surface area contributed by atoms with Crippen LogP contribution in [0.1, 0.15) is 5.56 Å². The van der Waals surface area contributed by atoms with Gasteiger partial charge in [-0.3, -0.25) is 0 Å². The Kier molecular flexibility index (Phi) is 2.12. The lowest BCUT2D eigenvalue weighted by molar-refractivity contribution is 1.49. The zero-order valence-corrected chi connectivity index (χ0v) is 5.83. The zero-order chi connectivity index (χ0) is 7.40. The molecule has 0 saturated heterocycles. The molecule has 10 heavy (non-hydrogen) atoms. The molecule has 1 nitrogen and oxygen atoms in total. The molecule has 0 aliphatic carbocycles. The topological polar surface area (TPSA) is 23.8 Å². The van der Waals surface area contributed by atoms with Gasteiger partial charge < -0.3 is 0 Å². The van der Waals surface area contributed by atoms with E-state index in [-0.39, 0.29) is 0 Å². The van der Waals surface area contributed by atoms with Crippen molar-refractivity contribution >= 4 is 12.7 Å². The van der Waals surface area contributed by atoms with Crippen LogP contribution in [0.15, 0.2) is 24.3 Å². The van der Waals surface area contributed by atoms with Crippen LogP contribution >= 0.6 is 0 Å². The van der Waals surface area contributed by atoms with Crippen LogP contribution < -0.4 is 5.46 Å². The quantitative estimate of drug-likeness (QED) is 0.513. The van der Waals surface area contributed by atoms with Crippen LogP contribution in [0.2, 0.25) is 0 Å². The van der Waals surface area contributed by atoms with E-state index in [4.69, 9.17) is 5.26 Å². The molecule has 0 amide bonds. The van der Waals surface area contributed by atoms with Crippen LogP contribution in [0.3, 0.4) is 0 Å². The molecule has 0 atom stereocenters. The Hall–Kier alpha value is -1.23. The third-order valence-corrected chi connectivity index (χ3v) is 1.27. The van der Waals surface area contributed by atoms with Gasteiger partial charge in [0.2, 0.25) is 0 Å². The minimum Gasteiger partial charge on any atom is -0.213 e. The minimum absolute atomic E-state index is 0.975. The molecule has 0 fully saturated rings. The molecule has 0 unspecified atom stereocenters. The molecule has 0 aliphatic rings. The van der Waals surface area contributed by atoms with E-state index in [0.29, 0.717) is 0 Å². The van der Waals surface area contributed by atoms with Crippen molar-refractivity contribution in [3.05, 3.63) is 29.8 Å². The lowest BCUT2D eigenvalue weighted by Crippen LogP contribution is -2.11. The summed E-state index contributed by atoms with van der Waals surface area (Å²) < 4.78 is 0. The van der Waals surface area contributed by atoms with E-state index in [9.17, 15) is 0 Å². The molecule has 0 saturated carbocycles. The number of hydrogen-bond acceptors (Lipinski definition) is 1. The monoisotopic (exact) mass is 128 g/mol. The van der Waals surface area contributed by atoms with Crippen LogP contribution in [0, 0.1) is 18.2 Å². The fraction of sp³-hybridized carbons (Fsp3) is 0.125. The third kappa shape index (κ3) is 1.63. The van der Waals surface area contributed by atoms with Gasteiger partial charge in [-0.2, -0.15) is 0 Å². The summed E-state index contributed by atoms with van der Waals surface area (Å²) >= 11 is 0. The minimum atomic E-state index is 0.975. The number of aryl methyl sites for hydroxylation is 1. The summed E-state index contributed by atoms with van der Waals surface area (Å²) in [5.41, 5.74) is 2.16.